The molecule has 86 valence electrons. The maximum atomic E-state index is 10.5. The molecule has 0 saturated heterocycles. The molecule has 0 radical (unpaired) electrons. The highest BCUT2D eigenvalue weighted by Gasteiger charge is 2.24. The number of unbranched alkanes of at least 4 members (excludes halogenated alkanes) is 1. The van der Waals surface area contributed by atoms with Crippen molar-refractivity contribution in [1.29, 1.82) is 0 Å². The molecule has 0 saturated carbocycles. The lowest BCUT2D eigenvalue weighted by molar-refractivity contribution is -0.154. The topological polar surface area (TPSA) is 74.6 Å². The molecule has 4 nitrogen and oxygen atoms in total. The predicted octanol–water partition coefficient (Wildman–Crippen LogP) is 1.36. The quantitative estimate of drug-likeness (QED) is 0.544. The molecule has 0 rings (SSSR count). The van der Waals surface area contributed by atoms with Crippen LogP contribution in [0.4, 0.5) is 0 Å². The number of hydrogen-bond acceptors (Lipinski definition) is 2. The molecule has 0 heterocycles. The first-order valence-electron chi connectivity index (χ1n) is 5.01. The normalized spacial score (nSPS) is 8.62. The Kier molecular flexibility index (Phi) is 7.36. The molecule has 0 aliphatic heterocycles. The maximum Gasteiger partial charge on any atom is 0.317 e. The van der Waals surface area contributed by atoms with Gasteiger partial charge >= 0.3 is 11.9 Å². The molecule has 0 aromatic heterocycles. The molecule has 0 aromatic rings. The first-order valence-corrected chi connectivity index (χ1v) is 5.01. The van der Waals surface area contributed by atoms with Crippen LogP contribution >= 0.6 is 0 Å². The summed E-state index contributed by atoms with van der Waals surface area (Å²) in [5, 5.41) is 17.1. The van der Waals surface area contributed by atoms with E-state index in [4.69, 9.17) is 10.2 Å². The highest BCUT2D eigenvalue weighted by atomic mass is 16.4. The van der Waals surface area contributed by atoms with Gasteiger partial charge in [-0.05, 0) is 24.7 Å². The van der Waals surface area contributed by atoms with Gasteiger partial charge in [-0.3, -0.25) is 9.59 Å². The van der Waals surface area contributed by atoms with Crippen molar-refractivity contribution in [2.24, 2.45) is 5.92 Å². The van der Waals surface area contributed by atoms with Crippen LogP contribution in [0, 0.1) is 29.6 Å². The van der Waals surface area contributed by atoms with Crippen LogP contribution in [0.5, 0.6) is 0 Å². The fraction of sp³-hybridized carbons (Fsp3) is 0.500. The van der Waals surface area contributed by atoms with Crippen LogP contribution in [0.3, 0.4) is 0 Å². The van der Waals surface area contributed by atoms with Crippen LogP contribution in [-0.4, -0.2) is 22.2 Å². The lowest BCUT2D eigenvalue weighted by atomic mass is 10.0. The molecule has 0 aromatic carbocycles. The van der Waals surface area contributed by atoms with Crippen molar-refractivity contribution in [1.82, 2.24) is 0 Å². The van der Waals surface area contributed by atoms with Gasteiger partial charge in [-0.25, -0.2) is 0 Å². The van der Waals surface area contributed by atoms with Gasteiger partial charge in [-0.2, -0.15) is 0 Å². The monoisotopic (exact) mass is 222 g/mol. The number of aliphatic carboxylic acids is 2. The fourth-order valence-corrected chi connectivity index (χ4v) is 0.907. The van der Waals surface area contributed by atoms with E-state index in [2.05, 4.69) is 23.7 Å². The third-order valence-electron chi connectivity index (χ3n) is 1.77. The molecule has 0 aliphatic rings. The van der Waals surface area contributed by atoms with Crippen molar-refractivity contribution in [3.63, 3.8) is 0 Å². The Labute approximate surface area is 94.7 Å². The molecule has 16 heavy (non-hydrogen) atoms. The summed E-state index contributed by atoms with van der Waals surface area (Å²) in [6, 6.07) is 0. The summed E-state index contributed by atoms with van der Waals surface area (Å²) in [6.45, 7) is 2.01. The van der Waals surface area contributed by atoms with Crippen molar-refractivity contribution in [2.45, 2.75) is 32.6 Å². The van der Waals surface area contributed by atoms with Gasteiger partial charge in [0.15, 0.2) is 5.92 Å². The minimum atomic E-state index is -1.38. The highest BCUT2D eigenvalue weighted by molar-refractivity contribution is 5.92. The van der Waals surface area contributed by atoms with Crippen LogP contribution in [0.25, 0.3) is 0 Å². The third kappa shape index (κ3) is 6.50. The van der Waals surface area contributed by atoms with Gasteiger partial charge in [0.1, 0.15) is 0 Å². The number of carboxylic acid groups (broad SMARTS) is 2. The van der Waals surface area contributed by atoms with Crippen LogP contribution < -0.4 is 0 Å². The molecular formula is C12H14O4. The van der Waals surface area contributed by atoms with E-state index < -0.39 is 17.9 Å². The molecule has 0 unspecified atom stereocenters. The van der Waals surface area contributed by atoms with E-state index in [1.165, 1.54) is 0 Å². The van der Waals surface area contributed by atoms with Crippen molar-refractivity contribution in [2.75, 3.05) is 0 Å². The molecule has 2 N–H and O–H groups in total. The first-order chi connectivity index (χ1) is 7.59. The van der Waals surface area contributed by atoms with Gasteiger partial charge in [0.05, 0.1) is 0 Å². The van der Waals surface area contributed by atoms with Crippen molar-refractivity contribution in [3.8, 4) is 23.7 Å². The number of carbonyl (C=O) groups is 2. The van der Waals surface area contributed by atoms with Crippen LogP contribution in [-0.2, 0) is 9.59 Å². The molecule has 4 heteroatoms. The van der Waals surface area contributed by atoms with E-state index in [-0.39, 0.29) is 12.8 Å². The van der Waals surface area contributed by atoms with E-state index in [1.807, 2.05) is 6.92 Å². The summed E-state index contributed by atoms with van der Waals surface area (Å²) in [4.78, 5) is 21.0. The van der Waals surface area contributed by atoms with E-state index in [0.717, 1.165) is 12.8 Å². The minimum Gasteiger partial charge on any atom is -0.481 e. The van der Waals surface area contributed by atoms with Crippen molar-refractivity contribution in [3.05, 3.63) is 0 Å². The summed E-state index contributed by atoms with van der Waals surface area (Å²) in [6.07, 6.45) is 1.98. The van der Waals surface area contributed by atoms with Gasteiger partial charge in [-0.15, -0.1) is 0 Å². The summed E-state index contributed by atoms with van der Waals surface area (Å²) in [5.74, 6) is 6.58. The SMILES string of the molecule is CCCC#CC#CCCC(C(=O)O)C(=O)O. The summed E-state index contributed by atoms with van der Waals surface area (Å²) in [7, 11) is 0. The van der Waals surface area contributed by atoms with Crippen LogP contribution in [0.15, 0.2) is 0 Å². The van der Waals surface area contributed by atoms with Crippen LogP contribution in [0.2, 0.25) is 0 Å². The Balaban J connectivity index is 4.01. The highest BCUT2D eigenvalue weighted by Crippen LogP contribution is 2.06. The zero-order valence-corrected chi connectivity index (χ0v) is 9.12. The van der Waals surface area contributed by atoms with Gasteiger partial charge in [0.2, 0.25) is 0 Å². The van der Waals surface area contributed by atoms with Gasteiger partial charge < -0.3 is 10.2 Å². The largest absolute Gasteiger partial charge is 0.481 e. The number of carboxylic acids is 2. The zero-order chi connectivity index (χ0) is 12.4. The van der Waals surface area contributed by atoms with E-state index >= 15 is 0 Å². The number of hydrogen-bond donors (Lipinski definition) is 2. The average Bonchev–Trinajstić information content (AvgIpc) is 2.21. The predicted molar refractivity (Wildman–Crippen MR) is 58.5 cm³/mol. The summed E-state index contributed by atoms with van der Waals surface area (Å²) in [5.41, 5.74) is 0. The summed E-state index contributed by atoms with van der Waals surface area (Å²) < 4.78 is 0. The third-order valence-corrected chi connectivity index (χ3v) is 1.77. The summed E-state index contributed by atoms with van der Waals surface area (Å²) >= 11 is 0. The first kappa shape index (κ1) is 14.1. The Morgan fingerprint density at radius 1 is 1.06 bits per heavy atom. The zero-order valence-electron chi connectivity index (χ0n) is 9.12. The Hall–Kier alpha value is -1.94. The second-order valence-corrected chi connectivity index (χ2v) is 3.12. The Bertz CT molecular complexity index is 348. The van der Waals surface area contributed by atoms with Crippen molar-refractivity contribution >= 4 is 11.9 Å². The molecule has 0 bridgehead atoms. The van der Waals surface area contributed by atoms with Gasteiger partial charge in [0, 0.05) is 12.8 Å². The molecule has 0 fully saturated rings. The molecule has 0 amide bonds. The molecule has 0 aliphatic carbocycles. The lowest BCUT2D eigenvalue weighted by Gasteiger charge is -2.02. The molecule has 0 atom stereocenters. The second-order valence-electron chi connectivity index (χ2n) is 3.12. The van der Waals surface area contributed by atoms with Crippen molar-refractivity contribution < 1.29 is 19.8 Å². The minimum absolute atomic E-state index is 0.00707. The molecule has 0 spiro atoms. The molecular weight excluding hydrogens is 208 g/mol. The standard InChI is InChI=1S/C12H14O4/c1-2-3-4-5-6-7-8-9-10(11(13)14)12(15)16/h10H,2-3,8-9H2,1H3,(H,13,14)(H,15,16). The number of rotatable bonds is 5. The Morgan fingerprint density at radius 3 is 2.00 bits per heavy atom. The van der Waals surface area contributed by atoms with E-state index in [9.17, 15) is 9.59 Å². The smallest absolute Gasteiger partial charge is 0.317 e. The van der Waals surface area contributed by atoms with E-state index in [0.29, 0.717) is 0 Å². The second kappa shape index (κ2) is 8.38. The van der Waals surface area contributed by atoms with Gasteiger partial charge in [0.25, 0.3) is 0 Å². The van der Waals surface area contributed by atoms with Gasteiger partial charge in [-0.1, -0.05) is 18.8 Å². The Morgan fingerprint density at radius 2 is 1.56 bits per heavy atom. The van der Waals surface area contributed by atoms with E-state index in [1.54, 1.807) is 0 Å². The lowest BCUT2D eigenvalue weighted by Crippen LogP contribution is -2.22. The van der Waals surface area contributed by atoms with Crippen LogP contribution in [0.1, 0.15) is 32.6 Å². The average molecular weight is 222 g/mol. The fourth-order valence-electron chi connectivity index (χ4n) is 0.907. The maximum absolute atomic E-state index is 10.5.